The SMILES string of the molecule is COC(=O)C(NCc1cccc(Cl)c1)c1ccccc1Cl. The molecule has 3 nitrogen and oxygen atoms in total. The van der Waals surface area contributed by atoms with E-state index in [1.807, 2.05) is 30.3 Å². The van der Waals surface area contributed by atoms with Crippen LogP contribution in [0.15, 0.2) is 48.5 Å². The minimum Gasteiger partial charge on any atom is -0.468 e. The predicted molar refractivity (Wildman–Crippen MR) is 84.5 cm³/mol. The standard InChI is InChI=1S/C16H15Cl2NO2/c1-21-16(20)15(13-7-2-3-8-14(13)18)19-10-11-5-4-6-12(17)9-11/h2-9,15,19H,10H2,1H3. The lowest BCUT2D eigenvalue weighted by atomic mass is 10.1. The average molecular weight is 324 g/mol. The van der Waals surface area contributed by atoms with E-state index in [2.05, 4.69) is 5.32 Å². The van der Waals surface area contributed by atoms with E-state index in [0.29, 0.717) is 22.2 Å². The van der Waals surface area contributed by atoms with E-state index in [1.54, 1.807) is 18.2 Å². The van der Waals surface area contributed by atoms with E-state index in [-0.39, 0.29) is 5.97 Å². The molecular formula is C16H15Cl2NO2. The van der Waals surface area contributed by atoms with E-state index in [1.165, 1.54) is 7.11 Å². The molecule has 5 heteroatoms. The van der Waals surface area contributed by atoms with Crippen molar-refractivity contribution in [3.63, 3.8) is 0 Å². The van der Waals surface area contributed by atoms with Gasteiger partial charge in [0.25, 0.3) is 0 Å². The Morgan fingerprint density at radius 1 is 1.19 bits per heavy atom. The van der Waals surface area contributed by atoms with Crippen LogP contribution in [0.1, 0.15) is 17.2 Å². The summed E-state index contributed by atoms with van der Waals surface area (Å²) in [6, 6.07) is 14.0. The fraction of sp³-hybridized carbons (Fsp3) is 0.188. The second kappa shape index (κ2) is 7.46. The molecule has 0 aliphatic carbocycles. The average Bonchev–Trinajstić information content (AvgIpc) is 2.49. The zero-order valence-electron chi connectivity index (χ0n) is 11.5. The fourth-order valence-corrected chi connectivity index (χ4v) is 2.47. The van der Waals surface area contributed by atoms with Gasteiger partial charge in [0.15, 0.2) is 0 Å². The first-order valence-electron chi connectivity index (χ1n) is 6.42. The van der Waals surface area contributed by atoms with E-state index in [0.717, 1.165) is 5.56 Å². The van der Waals surface area contributed by atoms with Crippen molar-refractivity contribution in [3.8, 4) is 0 Å². The van der Waals surface area contributed by atoms with Crippen molar-refractivity contribution in [1.82, 2.24) is 5.32 Å². The molecule has 110 valence electrons. The lowest BCUT2D eigenvalue weighted by Gasteiger charge is -2.18. The minimum atomic E-state index is -0.623. The highest BCUT2D eigenvalue weighted by Crippen LogP contribution is 2.24. The maximum absolute atomic E-state index is 12.0. The van der Waals surface area contributed by atoms with Gasteiger partial charge in [0.2, 0.25) is 0 Å². The Bertz CT molecular complexity index is 631. The normalized spacial score (nSPS) is 12.0. The van der Waals surface area contributed by atoms with Crippen molar-refractivity contribution in [2.75, 3.05) is 7.11 Å². The summed E-state index contributed by atoms with van der Waals surface area (Å²) in [6.45, 7) is 0.478. The maximum Gasteiger partial charge on any atom is 0.327 e. The lowest BCUT2D eigenvalue weighted by Crippen LogP contribution is -2.29. The summed E-state index contributed by atoms with van der Waals surface area (Å²) >= 11 is 12.1. The molecule has 0 heterocycles. The molecule has 1 atom stereocenters. The second-order valence-corrected chi connectivity index (χ2v) is 5.33. The molecule has 0 radical (unpaired) electrons. The second-order valence-electron chi connectivity index (χ2n) is 4.49. The van der Waals surface area contributed by atoms with Crippen LogP contribution in [-0.2, 0) is 16.1 Å². The third-order valence-corrected chi connectivity index (χ3v) is 3.63. The molecule has 2 aromatic rings. The molecule has 1 N–H and O–H groups in total. The largest absolute Gasteiger partial charge is 0.468 e. The molecule has 0 aliphatic rings. The Morgan fingerprint density at radius 2 is 1.95 bits per heavy atom. The van der Waals surface area contributed by atoms with Gasteiger partial charge in [-0.15, -0.1) is 0 Å². The van der Waals surface area contributed by atoms with Crippen molar-refractivity contribution >= 4 is 29.2 Å². The quantitative estimate of drug-likeness (QED) is 0.845. The topological polar surface area (TPSA) is 38.3 Å². The molecular weight excluding hydrogens is 309 g/mol. The van der Waals surface area contributed by atoms with E-state index >= 15 is 0 Å². The van der Waals surface area contributed by atoms with Crippen molar-refractivity contribution in [3.05, 3.63) is 69.7 Å². The molecule has 1 unspecified atom stereocenters. The molecule has 21 heavy (non-hydrogen) atoms. The van der Waals surface area contributed by atoms with Crippen LogP contribution in [-0.4, -0.2) is 13.1 Å². The molecule has 0 bridgehead atoms. The Balaban J connectivity index is 2.18. The van der Waals surface area contributed by atoms with Crippen LogP contribution in [0, 0.1) is 0 Å². The summed E-state index contributed by atoms with van der Waals surface area (Å²) in [5.41, 5.74) is 1.66. The summed E-state index contributed by atoms with van der Waals surface area (Å²) in [4.78, 5) is 12.0. The molecule has 0 fully saturated rings. The van der Waals surface area contributed by atoms with Crippen LogP contribution in [0.25, 0.3) is 0 Å². The Hall–Kier alpha value is -1.55. The van der Waals surface area contributed by atoms with Gasteiger partial charge >= 0.3 is 5.97 Å². The van der Waals surface area contributed by atoms with Crippen molar-refractivity contribution in [2.24, 2.45) is 0 Å². The van der Waals surface area contributed by atoms with Crippen LogP contribution in [0.2, 0.25) is 10.0 Å². The van der Waals surface area contributed by atoms with Gasteiger partial charge in [0.05, 0.1) is 7.11 Å². The summed E-state index contributed by atoms with van der Waals surface area (Å²) in [7, 11) is 1.35. The van der Waals surface area contributed by atoms with Gasteiger partial charge in [-0.25, -0.2) is 4.79 Å². The summed E-state index contributed by atoms with van der Waals surface area (Å²) in [5, 5.41) is 4.33. The van der Waals surface area contributed by atoms with E-state index in [9.17, 15) is 4.79 Å². The Labute approximate surface area is 133 Å². The molecule has 0 spiro atoms. The Kier molecular flexibility index (Phi) is 5.62. The third-order valence-electron chi connectivity index (χ3n) is 3.05. The highest BCUT2D eigenvalue weighted by Gasteiger charge is 2.22. The predicted octanol–water partition coefficient (Wildman–Crippen LogP) is 4.00. The summed E-state index contributed by atoms with van der Waals surface area (Å²) in [6.07, 6.45) is 0. The lowest BCUT2D eigenvalue weighted by molar-refractivity contribution is -0.143. The summed E-state index contributed by atoms with van der Waals surface area (Å²) < 4.78 is 4.85. The molecule has 0 aliphatic heterocycles. The van der Waals surface area contributed by atoms with Crippen LogP contribution in [0.4, 0.5) is 0 Å². The van der Waals surface area contributed by atoms with Crippen LogP contribution < -0.4 is 5.32 Å². The number of hydrogen-bond acceptors (Lipinski definition) is 3. The molecule has 2 rings (SSSR count). The van der Waals surface area contributed by atoms with Crippen LogP contribution >= 0.6 is 23.2 Å². The zero-order chi connectivity index (χ0) is 15.2. The van der Waals surface area contributed by atoms with Crippen molar-refractivity contribution in [1.29, 1.82) is 0 Å². The fourth-order valence-electron chi connectivity index (χ4n) is 2.01. The number of benzene rings is 2. The highest BCUT2D eigenvalue weighted by atomic mass is 35.5. The van der Waals surface area contributed by atoms with Gasteiger partial charge in [0, 0.05) is 16.6 Å². The monoisotopic (exact) mass is 323 g/mol. The number of halogens is 2. The number of ether oxygens (including phenoxy) is 1. The maximum atomic E-state index is 12.0. The van der Waals surface area contributed by atoms with Gasteiger partial charge in [0.1, 0.15) is 6.04 Å². The highest BCUT2D eigenvalue weighted by molar-refractivity contribution is 6.31. The van der Waals surface area contributed by atoms with Crippen LogP contribution in [0.5, 0.6) is 0 Å². The molecule has 0 aromatic heterocycles. The minimum absolute atomic E-state index is 0.384. The number of hydrogen-bond donors (Lipinski definition) is 1. The number of methoxy groups -OCH3 is 1. The van der Waals surface area contributed by atoms with Gasteiger partial charge < -0.3 is 4.74 Å². The first-order valence-corrected chi connectivity index (χ1v) is 7.17. The first kappa shape index (κ1) is 15.8. The number of nitrogens with one attached hydrogen (secondary N) is 1. The number of carbonyl (C=O) groups excluding carboxylic acids is 1. The van der Waals surface area contributed by atoms with E-state index < -0.39 is 6.04 Å². The molecule has 0 saturated carbocycles. The molecule has 0 saturated heterocycles. The molecule has 0 amide bonds. The van der Waals surface area contributed by atoms with Gasteiger partial charge in [-0.3, -0.25) is 5.32 Å². The van der Waals surface area contributed by atoms with Gasteiger partial charge in [-0.1, -0.05) is 53.5 Å². The van der Waals surface area contributed by atoms with Gasteiger partial charge in [-0.05, 0) is 29.3 Å². The number of carbonyl (C=O) groups is 1. The van der Waals surface area contributed by atoms with Crippen molar-refractivity contribution in [2.45, 2.75) is 12.6 Å². The third kappa shape index (κ3) is 4.21. The van der Waals surface area contributed by atoms with Crippen molar-refractivity contribution < 1.29 is 9.53 Å². The number of esters is 1. The smallest absolute Gasteiger partial charge is 0.327 e. The zero-order valence-corrected chi connectivity index (χ0v) is 13.0. The van der Waals surface area contributed by atoms with Gasteiger partial charge in [-0.2, -0.15) is 0 Å². The number of rotatable bonds is 5. The first-order chi connectivity index (χ1) is 10.1. The van der Waals surface area contributed by atoms with Crippen LogP contribution in [0.3, 0.4) is 0 Å². The molecule has 2 aromatic carbocycles. The summed E-state index contributed by atoms with van der Waals surface area (Å²) in [5.74, 6) is -0.384. The Morgan fingerprint density at radius 3 is 2.62 bits per heavy atom. The van der Waals surface area contributed by atoms with E-state index in [4.69, 9.17) is 27.9 Å².